The second-order valence-corrected chi connectivity index (χ2v) is 9.11. The van der Waals surface area contributed by atoms with Crippen LogP contribution in [0.3, 0.4) is 0 Å². The van der Waals surface area contributed by atoms with E-state index >= 15 is 0 Å². The van der Waals surface area contributed by atoms with Gasteiger partial charge in [0.05, 0.1) is 18.7 Å². The average Bonchev–Trinajstić information content (AvgIpc) is 3.47. The highest BCUT2D eigenvalue weighted by Crippen LogP contribution is 2.34. The van der Waals surface area contributed by atoms with Crippen molar-refractivity contribution in [2.45, 2.75) is 32.4 Å². The first-order valence-electron chi connectivity index (χ1n) is 12.1. The maximum absolute atomic E-state index is 13.6. The molecule has 2 aliphatic heterocycles. The van der Waals surface area contributed by atoms with Crippen LogP contribution >= 0.6 is 12.2 Å². The van der Waals surface area contributed by atoms with Gasteiger partial charge in [0.15, 0.2) is 16.6 Å². The molecule has 3 aromatic rings. The number of benzene rings is 3. The zero-order valence-electron chi connectivity index (χ0n) is 20.4. The number of fused-ring (bicyclic) bond motifs is 1. The third kappa shape index (κ3) is 5.36. The maximum Gasteiger partial charge on any atom is 0.256 e. The van der Waals surface area contributed by atoms with Crippen molar-refractivity contribution in [3.63, 3.8) is 0 Å². The lowest BCUT2D eigenvalue weighted by atomic mass is 10.1. The van der Waals surface area contributed by atoms with Crippen LogP contribution in [0.25, 0.3) is 0 Å². The van der Waals surface area contributed by atoms with Crippen LogP contribution in [0.2, 0.25) is 0 Å². The number of amides is 2. The molecule has 5 rings (SSSR count). The lowest BCUT2D eigenvalue weighted by Gasteiger charge is -2.24. The van der Waals surface area contributed by atoms with Crippen LogP contribution in [0.4, 0.5) is 11.4 Å². The molecule has 37 heavy (non-hydrogen) atoms. The third-order valence-corrected chi connectivity index (χ3v) is 6.53. The minimum Gasteiger partial charge on any atom is -0.494 e. The minimum atomic E-state index is -0.759. The fraction of sp³-hybridized carbons (Fsp3) is 0.250. The summed E-state index contributed by atoms with van der Waals surface area (Å²) in [6, 6.07) is 21.3. The molecular weight excluding hydrogens is 490 g/mol. The van der Waals surface area contributed by atoms with Gasteiger partial charge >= 0.3 is 0 Å². The van der Waals surface area contributed by atoms with E-state index < -0.39 is 6.04 Å². The van der Waals surface area contributed by atoms with Crippen LogP contribution < -0.4 is 24.4 Å². The summed E-state index contributed by atoms with van der Waals surface area (Å²) < 4.78 is 16.5. The molecule has 9 heteroatoms. The van der Waals surface area contributed by atoms with Gasteiger partial charge in [0, 0.05) is 12.2 Å². The van der Waals surface area contributed by atoms with E-state index in [1.165, 1.54) is 4.90 Å². The number of anilines is 2. The Labute approximate surface area is 220 Å². The fourth-order valence-corrected chi connectivity index (χ4v) is 4.69. The highest BCUT2D eigenvalue weighted by molar-refractivity contribution is 7.80. The molecule has 0 radical (unpaired) electrons. The average molecular weight is 518 g/mol. The van der Waals surface area contributed by atoms with Crippen LogP contribution in [0.5, 0.6) is 17.2 Å². The molecule has 3 aromatic carbocycles. The summed E-state index contributed by atoms with van der Waals surface area (Å²) in [6.45, 7) is 3.19. The van der Waals surface area contributed by atoms with E-state index in [4.69, 9.17) is 26.4 Å². The molecule has 0 spiro atoms. The van der Waals surface area contributed by atoms with Crippen LogP contribution in [0, 0.1) is 0 Å². The van der Waals surface area contributed by atoms with Crippen molar-refractivity contribution in [3.05, 3.63) is 78.4 Å². The Morgan fingerprint density at radius 2 is 1.81 bits per heavy atom. The largest absolute Gasteiger partial charge is 0.494 e. The van der Waals surface area contributed by atoms with Crippen molar-refractivity contribution < 1.29 is 23.8 Å². The lowest BCUT2D eigenvalue weighted by Crippen LogP contribution is -2.37. The van der Waals surface area contributed by atoms with E-state index in [1.807, 2.05) is 67.6 Å². The molecular formula is C28H27N3O5S. The number of ether oxygens (including phenoxy) is 3. The van der Waals surface area contributed by atoms with E-state index in [0.29, 0.717) is 41.1 Å². The Kier molecular flexibility index (Phi) is 7.23. The Hall–Kier alpha value is -4.11. The van der Waals surface area contributed by atoms with Gasteiger partial charge in [-0.1, -0.05) is 31.2 Å². The van der Waals surface area contributed by atoms with Gasteiger partial charge in [-0.15, -0.1) is 0 Å². The fourth-order valence-electron chi connectivity index (χ4n) is 4.31. The van der Waals surface area contributed by atoms with E-state index in [-0.39, 0.29) is 25.0 Å². The van der Waals surface area contributed by atoms with Gasteiger partial charge in [0.1, 0.15) is 11.8 Å². The number of carbonyl (C=O) groups is 2. The van der Waals surface area contributed by atoms with E-state index in [2.05, 4.69) is 5.32 Å². The topological polar surface area (TPSA) is 80.3 Å². The summed E-state index contributed by atoms with van der Waals surface area (Å²) in [7, 11) is 0. The Bertz CT molecular complexity index is 1300. The number of hydrogen-bond donors (Lipinski definition) is 1. The molecule has 1 N–H and O–H groups in total. The molecule has 190 valence electrons. The highest BCUT2D eigenvalue weighted by Gasteiger charge is 2.44. The van der Waals surface area contributed by atoms with Gasteiger partial charge in [0.25, 0.3) is 5.91 Å². The molecule has 0 bridgehead atoms. The number of para-hydroxylation sites is 1. The first-order valence-corrected chi connectivity index (χ1v) is 12.5. The monoisotopic (exact) mass is 517 g/mol. The summed E-state index contributed by atoms with van der Waals surface area (Å²) >= 11 is 5.76. The number of nitrogens with one attached hydrogen (secondary N) is 1. The van der Waals surface area contributed by atoms with Gasteiger partial charge in [-0.05, 0) is 72.7 Å². The van der Waals surface area contributed by atoms with Crippen molar-refractivity contribution in [1.29, 1.82) is 0 Å². The molecule has 1 fully saturated rings. The highest BCUT2D eigenvalue weighted by atomic mass is 32.1. The lowest BCUT2D eigenvalue weighted by molar-refractivity contribution is -0.124. The summed E-state index contributed by atoms with van der Waals surface area (Å²) in [4.78, 5) is 29.9. The number of carbonyl (C=O) groups excluding carboxylic acids is 2. The van der Waals surface area contributed by atoms with Gasteiger partial charge in [-0.2, -0.15) is 0 Å². The number of thiocarbonyl (C=S) groups is 1. The summed E-state index contributed by atoms with van der Waals surface area (Å²) in [5, 5.41) is 3.24. The van der Waals surface area contributed by atoms with Crippen molar-refractivity contribution in [3.8, 4) is 17.2 Å². The summed E-state index contributed by atoms with van der Waals surface area (Å²) in [5.41, 5.74) is 2.19. The number of hydrogen-bond acceptors (Lipinski definition) is 6. The number of rotatable bonds is 9. The quantitative estimate of drug-likeness (QED) is 0.411. The van der Waals surface area contributed by atoms with Crippen molar-refractivity contribution >= 4 is 40.5 Å². The predicted molar refractivity (Wildman–Crippen MR) is 144 cm³/mol. The second kappa shape index (κ2) is 10.9. The predicted octanol–water partition coefficient (Wildman–Crippen LogP) is 4.74. The van der Waals surface area contributed by atoms with Gasteiger partial charge < -0.3 is 24.4 Å². The minimum absolute atomic E-state index is 0.0546. The first kappa shape index (κ1) is 24.6. The number of nitrogens with zero attached hydrogens (tertiary/aromatic N) is 2. The molecule has 8 nitrogen and oxygen atoms in total. The summed E-state index contributed by atoms with van der Waals surface area (Å²) in [6.07, 6.45) is 0.861. The molecule has 1 saturated heterocycles. The van der Waals surface area contributed by atoms with Crippen LogP contribution in [0.1, 0.15) is 25.3 Å². The maximum atomic E-state index is 13.6. The molecule has 0 aromatic heterocycles. The second-order valence-electron chi connectivity index (χ2n) is 8.75. The summed E-state index contributed by atoms with van der Waals surface area (Å²) in [5.74, 6) is 1.54. The van der Waals surface area contributed by atoms with Crippen LogP contribution in [-0.4, -0.2) is 41.3 Å². The Balaban J connectivity index is 1.35. The molecule has 0 saturated carbocycles. The normalized spacial score (nSPS) is 16.3. The first-order chi connectivity index (χ1) is 18.0. The smallest absolute Gasteiger partial charge is 0.256 e. The van der Waals surface area contributed by atoms with Gasteiger partial charge in [0.2, 0.25) is 12.7 Å². The van der Waals surface area contributed by atoms with Crippen LogP contribution in [0.15, 0.2) is 72.8 Å². The van der Waals surface area contributed by atoms with Gasteiger partial charge in [-0.25, -0.2) is 0 Å². The van der Waals surface area contributed by atoms with Crippen molar-refractivity contribution in [1.82, 2.24) is 4.90 Å². The Morgan fingerprint density at radius 3 is 2.57 bits per heavy atom. The van der Waals surface area contributed by atoms with Gasteiger partial charge in [-0.3, -0.25) is 14.5 Å². The SMILES string of the molecule is CCCOc1ccc(NC(=O)C[C@H]2C(=O)N(c3ccccc3)C(=S)N2Cc2ccc3c(c2)OCO3)cc1. The van der Waals surface area contributed by atoms with E-state index in [9.17, 15) is 9.59 Å². The zero-order valence-corrected chi connectivity index (χ0v) is 21.2. The molecule has 0 unspecified atom stereocenters. The molecule has 1 atom stereocenters. The zero-order chi connectivity index (χ0) is 25.8. The van der Waals surface area contributed by atoms with E-state index in [0.717, 1.165) is 17.7 Å². The van der Waals surface area contributed by atoms with Crippen molar-refractivity contribution in [2.24, 2.45) is 0 Å². The van der Waals surface area contributed by atoms with E-state index in [1.54, 1.807) is 17.0 Å². The van der Waals surface area contributed by atoms with Crippen LogP contribution in [-0.2, 0) is 16.1 Å². The third-order valence-electron chi connectivity index (χ3n) is 6.11. The molecule has 2 amide bonds. The molecule has 2 heterocycles. The standard InChI is InChI=1S/C28H27N3O5S/c1-2-14-34-22-11-9-20(10-12-22)29-26(32)16-23-27(33)31(21-6-4-3-5-7-21)28(37)30(23)17-19-8-13-24-25(15-19)36-18-35-24/h3-13,15,23H,2,14,16-18H2,1H3,(H,29,32)/t23-/m0/s1. The van der Waals surface area contributed by atoms with Crippen molar-refractivity contribution in [2.75, 3.05) is 23.6 Å². The molecule has 2 aliphatic rings. The molecule has 0 aliphatic carbocycles. The Morgan fingerprint density at radius 1 is 1.05 bits per heavy atom.